The first-order chi connectivity index (χ1) is 12.8. The van der Waals surface area contributed by atoms with Crippen LogP contribution in [0.1, 0.15) is 5.56 Å². The molecule has 0 N–H and O–H groups in total. The Labute approximate surface area is 160 Å². The lowest BCUT2D eigenvalue weighted by Gasteiger charge is -2.26. The number of nitrogens with zero attached hydrogens (tertiary/aromatic N) is 2. The van der Waals surface area contributed by atoms with E-state index in [-0.39, 0.29) is 16.3 Å². The van der Waals surface area contributed by atoms with Crippen molar-refractivity contribution in [3.8, 4) is 0 Å². The topological polar surface area (TPSA) is 84.0 Å². The Morgan fingerprint density at radius 3 is 2.04 bits per heavy atom. The Hall–Kier alpha value is -1.78. The monoisotopic (exact) mass is 410 g/mol. The molecule has 0 spiro atoms. The summed E-state index contributed by atoms with van der Waals surface area (Å²) in [5.41, 5.74) is 0.870. The highest BCUT2D eigenvalue weighted by atomic mass is 32.2. The van der Waals surface area contributed by atoms with Crippen molar-refractivity contribution in [2.24, 2.45) is 0 Å². The van der Waals surface area contributed by atoms with Crippen LogP contribution in [0.25, 0.3) is 0 Å². The Morgan fingerprint density at radius 2 is 1.44 bits per heavy atom. The predicted molar refractivity (Wildman–Crippen MR) is 101 cm³/mol. The first-order valence-corrected chi connectivity index (χ1v) is 11.4. The standard InChI is InChI=1S/C18H22N2O5S2/c1-19(15-16-5-3-2-4-6-16)26(21,22)17-7-9-18(10-8-17)27(23,24)20-11-13-25-14-12-20/h2-10H,11-15H2,1H3. The van der Waals surface area contributed by atoms with E-state index in [9.17, 15) is 16.8 Å². The molecule has 1 heterocycles. The van der Waals surface area contributed by atoms with E-state index in [1.165, 1.54) is 39.9 Å². The molecule has 1 aliphatic heterocycles. The van der Waals surface area contributed by atoms with Crippen molar-refractivity contribution < 1.29 is 21.6 Å². The Kier molecular flexibility index (Phi) is 5.97. The molecule has 0 radical (unpaired) electrons. The van der Waals surface area contributed by atoms with Crippen LogP contribution in [-0.2, 0) is 31.3 Å². The fourth-order valence-corrected chi connectivity index (χ4v) is 5.39. The van der Waals surface area contributed by atoms with Gasteiger partial charge in [-0.1, -0.05) is 30.3 Å². The molecule has 2 aromatic carbocycles. The van der Waals surface area contributed by atoms with Crippen molar-refractivity contribution >= 4 is 20.0 Å². The molecule has 7 nitrogen and oxygen atoms in total. The zero-order valence-electron chi connectivity index (χ0n) is 15.0. The van der Waals surface area contributed by atoms with Crippen LogP contribution < -0.4 is 0 Å². The molecule has 1 aliphatic rings. The number of ether oxygens (including phenoxy) is 1. The van der Waals surface area contributed by atoms with E-state index < -0.39 is 20.0 Å². The minimum atomic E-state index is -3.72. The summed E-state index contributed by atoms with van der Waals surface area (Å²) in [5.74, 6) is 0. The lowest BCUT2D eigenvalue weighted by Crippen LogP contribution is -2.40. The Bertz CT molecular complexity index is 968. The first-order valence-electron chi connectivity index (χ1n) is 8.50. The third-order valence-corrected chi connectivity index (χ3v) is 8.12. The normalized spacial score (nSPS) is 16.5. The van der Waals surface area contributed by atoms with Gasteiger partial charge < -0.3 is 4.74 Å². The van der Waals surface area contributed by atoms with Crippen molar-refractivity contribution in [1.82, 2.24) is 8.61 Å². The summed E-state index contributed by atoms with van der Waals surface area (Å²) < 4.78 is 58.5. The molecule has 0 saturated carbocycles. The van der Waals surface area contributed by atoms with Crippen LogP contribution in [0.2, 0.25) is 0 Å². The van der Waals surface area contributed by atoms with Crippen LogP contribution in [0, 0.1) is 0 Å². The maximum absolute atomic E-state index is 12.7. The number of sulfonamides is 2. The highest BCUT2D eigenvalue weighted by Gasteiger charge is 2.27. The summed E-state index contributed by atoms with van der Waals surface area (Å²) >= 11 is 0. The highest BCUT2D eigenvalue weighted by molar-refractivity contribution is 7.89. The minimum absolute atomic E-state index is 0.0573. The van der Waals surface area contributed by atoms with E-state index in [2.05, 4.69) is 0 Å². The van der Waals surface area contributed by atoms with Crippen LogP contribution in [0.3, 0.4) is 0 Å². The van der Waals surface area contributed by atoms with Crippen molar-refractivity contribution in [2.75, 3.05) is 33.4 Å². The van der Waals surface area contributed by atoms with Gasteiger partial charge in [-0.25, -0.2) is 16.8 Å². The van der Waals surface area contributed by atoms with Crippen LogP contribution in [0.4, 0.5) is 0 Å². The summed E-state index contributed by atoms with van der Waals surface area (Å²) in [5, 5.41) is 0. The largest absolute Gasteiger partial charge is 0.379 e. The van der Waals surface area contributed by atoms with E-state index in [1.54, 1.807) is 0 Å². The SMILES string of the molecule is CN(Cc1ccccc1)S(=O)(=O)c1ccc(S(=O)(=O)N2CCOCC2)cc1. The molecule has 0 aromatic heterocycles. The highest BCUT2D eigenvalue weighted by Crippen LogP contribution is 2.22. The fraction of sp³-hybridized carbons (Fsp3) is 0.333. The summed E-state index contributed by atoms with van der Waals surface area (Å²) in [6.45, 7) is 1.54. The van der Waals surface area contributed by atoms with Gasteiger partial charge in [-0.2, -0.15) is 8.61 Å². The van der Waals surface area contributed by atoms with Crippen molar-refractivity contribution in [1.29, 1.82) is 0 Å². The third-order valence-electron chi connectivity index (χ3n) is 4.39. The van der Waals surface area contributed by atoms with Crippen LogP contribution in [-0.4, -0.2) is 58.8 Å². The lowest BCUT2D eigenvalue weighted by molar-refractivity contribution is 0.0730. The molecule has 0 atom stereocenters. The minimum Gasteiger partial charge on any atom is -0.379 e. The van der Waals surface area contributed by atoms with Gasteiger partial charge in [0.15, 0.2) is 0 Å². The molecule has 1 fully saturated rings. The summed E-state index contributed by atoms with van der Waals surface area (Å²) in [6.07, 6.45) is 0. The zero-order valence-corrected chi connectivity index (χ0v) is 16.6. The van der Waals surface area contributed by atoms with Crippen LogP contribution >= 0.6 is 0 Å². The second kappa shape index (κ2) is 8.07. The van der Waals surface area contributed by atoms with Gasteiger partial charge in [-0.3, -0.25) is 0 Å². The fourth-order valence-electron chi connectivity index (χ4n) is 2.83. The van der Waals surface area contributed by atoms with E-state index in [0.717, 1.165) is 5.56 Å². The van der Waals surface area contributed by atoms with Crippen molar-refractivity contribution in [2.45, 2.75) is 16.3 Å². The molecule has 2 aromatic rings. The average Bonchev–Trinajstić information content (AvgIpc) is 2.69. The number of rotatable bonds is 6. The molecule has 146 valence electrons. The van der Waals surface area contributed by atoms with Gasteiger partial charge in [0.05, 0.1) is 23.0 Å². The lowest BCUT2D eigenvalue weighted by atomic mass is 10.2. The van der Waals surface area contributed by atoms with Gasteiger partial charge >= 0.3 is 0 Å². The van der Waals surface area contributed by atoms with Gasteiger partial charge in [0.2, 0.25) is 20.0 Å². The molecule has 1 saturated heterocycles. The average molecular weight is 411 g/mol. The molecule has 0 unspecified atom stereocenters. The van der Waals surface area contributed by atoms with Gasteiger partial charge in [-0.05, 0) is 29.8 Å². The summed E-state index contributed by atoms with van der Waals surface area (Å²) in [6, 6.07) is 14.6. The van der Waals surface area contributed by atoms with Gasteiger partial charge in [0, 0.05) is 26.7 Å². The Balaban J connectivity index is 1.79. The zero-order chi connectivity index (χ0) is 19.5. The summed E-state index contributed by atoms with van der Waals surface area (Å²) in [7, 11) is -5.87. The quantitative estimate of drug-likeness (QED) is 0.721. The second-order valence-electron chi connectivity index (χ2n) is 6.23. The molecule has 0 aliphatic carbocycles. The van der Waals surface area contributed by atoms with Crippen molar-refractivity contribution in [3.05, 3.63) is 60.2 Å². The van der Waals surface area contributed by atoms with Crippen LogP contribution in [0.5, 0.6) is 0 Å². The smallest absolute Gasteiger partial charge is 0.243 e. The van der Waals surface area contributed by atoms with Gasteiger partial charge in [0.1, 0.15) is 0 Å². The first kappa shape index (κ1) is 20.0. The maximum Gasteiger partial charge on any atom is 0.243 e. The predicted octanol–water partition coefficient (Wildman–Crippen LogP) is 1.53. The molecule has 9 heteroatoms. The van der Waals surface area contributed by atoms with Crippen molar-refractivity contribution in [3.63, 3.8) is 0 Å². The van der Waals surface area contributed by atoms with E-state index >= 15 is 0 Å². The van der Waals surface area contributed by atoms with E-state index in [4.69, 9.17) is 4.74 Å². The summed E-state index contributed by atoms with van der Waals surface area (Å²) in [4.78, 5) is 0.135. The number of morpholine rings is 1. The molecular formula is C18H22N2O5S2. The molecule has 0 amide bonds. The Morgan fingerprint density at radius 1 is 0.889 bits per heavy atom. The number of benzene rings is 2. The molecule has 3 rings (SSSR count). The molecule has 27 heavy (non-hydrogen) atoms. The second-order valence-corrected chi connectivity index (χ2v) is 10.2. The van der Waals surface area contributed by atoms with E-state index in [0.29, 0.717) is 26.3 Å². The number of hydrogen-bond donors (Lipinski definition) is 0. The van der Waals surface area contributed by atoms with Gasteiger partial charge in [0.25, 0.3) is 0 Å². The molecular weight excluding hydrogens is 388 g/mol. The third kappa shape index (κ3) is 4.39. The van der Waals surface area contributed by atoms with E-state index in [1.807, 2.05) is 30.3 Å². The molecule has 0 bridgehead atoms. The van der Waals surface area contributed by atoms with Crippen LogP contribution in [0.15, 0.2) is 64.4 Å². The number of hydrogen-bond acceptors (Lipinski definition) is 5. The maximum atomic E-state index is 12.7. The van der Waals surface area contributed by atoms with Gasteiger partial charge in [-0.15, -0.1) is 0 Å².